The lowest BCUT2D eigenvalue weighted by molar-refractivity contribution is -0.136. The summed E-state index contributed by atoms with van der Waals surface area (Å²) in [6.45, 7) is 7.74. The summed E-state index contributed by atoms with van der Waals surface area (Å²) in [5, 5.41) is 9.04. The Hall–Kier alpha value is -4.25. The van der Waals surface area contributed by atoms with Crippen LogP contribution in [0.3, 0.4) is 0 Å². The lowest BCUT2D eigenvalue weighted by Crippen LogP contribution is -2.32. The number of halogens is 2. The molecule has 0 aliphatic rings. The van der Waals surface area contributed by atoms with E-state index in [0.717, 1.165) is 34.5 Å². The van der Waals surface area contributed by atoms with E-state index in [1.54, 1.807) is 19.1 Å². The Balaban J connectivity index is 1.63. The smallest absolute Gasteiger partial charge is 0.329 e. The van der Waals surface area contributed by atoms with Crippen LogP contribution in [0.1, 0.15) is 29.2 Å². The van der Waals surface area contributed by atoms with Crippen molar-refractivity contribution in [3.05, 3.63) is 81.1 Å². The molecule has 0 saturated heterocycles. The fourth-order valence-corrected chi connectivity index (χ4v) is 4.27. The van der Waals surface area contributed by atoms with Gasteiger partial charge in [0.25, 0.3) is 5.91 Å². The number of nitrogens with one attached hydrogen (secondary N) is 3. The van der Waals surface area contributed by atoms with E-state index in [0.29, 0.717) is 28.1 Å². The minimum absolute atomic E-state index is 0.252. The Bertz CT molecular complexity index is 1390. The molecule has 0 aliphatic carbocycles. The first-order valence-electron chi connectivity index (χ1n) is 11.9. The largest absolute Gasteiger partial charge is 0.490 e. The van der Waals surface area contributed by atoms with Crippen molar-refractivity contribution in [1.29, 1.82) is 0 Å². The highest BCUT2D eigenvalue weighted by Crippen LogP contribution is 2.36. The van der Waals surface area contributed by atoms with Gasteiger partial charge in [0, 0.05) is 11.4 Å². The second-order valence-corrected chi connectivity index (χ2v) is 9.39. The zero-order valence-corrected chi connectivity index (χ0v) is 23.4. The summed E-state index contributed by atoms with van der Waals surface area (Å²) in [5.41, 5.74) is 6.69. The average molecular weight is 599 g/mol. The molecule has 0 heterocycles. The van der Waals surface area contributed by atoms with Crippen molar-refractivity contribution in [3.63, 3.8) is 0 Å². The number of nitrogens with zero attached hydrogens (tertiary/aromatic N) is 1. The van der Waals surface area contributed by atoms with Gasteiger partial charge in [0.15, 0.2) is 18.1 Å². The van der Waals surface area contributed by atoms with Gasteiger partial charge in [0.05, 0.1) is 17.3 Å². The molecule has 0 radical (unpaired) electrons. The van der Waals surface area contributed by atoms with Crippen molar-refractivity contribution in [2.75, 3.05) is 23.8 Å². The van der Waals surface area contributed by atoms with Gasteiger partial charge in [0.2, 0.25) is 0 Å². The molecule has 11 heteroatoms. The maximum absolute atomic E-state index is 13.0. The zero-order valence-electron chi connectivity index (χ0n) is 21.9. The molecule has 9 nitrogen and oxygen atoms in total. The lowest BCUT2D eigenvalue weighted by atomic mass is 10.1. The molecule has 3 amide bonds. The highest BCUT2D eigenvalue weighted by molar-refractivity contribution is 9.10. The number of aryl methyl sites for hydroxylation is 3. The molecule has 0 unspecified atom stereocenters. The van der Waals surface area contributed by atoms with Gasteiger partial charge in [-0.1, -0.05) is 17.7 Å². The van der Waals surface area contributed by atoms with Gasteiger partial charge in [-0.25, -0.2) is 9.82 Å². The summed E-state index contributed by atoms with van der Waals surface area (Å²) in [4.78, 5) is 36.6. The fourth-order valence-electron chi connectivity index (χ4n) is 3.69. The summed E-state index contributed by atoms with van der Waals surface area (Å²) >= 11 is 3.43. The number of anilines is 2. The highest BCUT2D eigenvalue weighted by atomic mass is 79.9. The van der Waals surface area contributed by atoms with Crippen molar-refractivity contribution in [1.82, 2.24) is 5.43 Å². The van der Waals surface area contributed by atoms with Crippen molar-refractivity contribution >= 4 is 51.2 Å². The lowest BCUT2D eigenvalue weighted by Gasteiger charge is -2.16. The molecular formula is C28H28BrFN4O5. The molecule has 3 N–H and O–H groups in total. The molecule has 0 aliphatic heterocycles. The second kappa shape index (κ2) is 13.5. The predicted molar refractivity (Wildman–Crippen MR) is 151 cm³/mol. The van der Waals surface area contributed by atoms with Gasteiger partial charge in [-0.05, 0) is 96.7 Å². The average Bonchev–Trinajstić information content (AvgIpc) is 2.87. The van der Waals surface area contributed by atoms with Crippen LogP contribution < -0.4 is 25.5 Å². The minimum Gasteiger partial charge on any atom is -0.490 e. The first-order chi connectivity index (χ1) is 18.6. The van der Waals surface area contributed by atoms with E-state index in [2.05, 4.69) is 37.1 Å². The van der Waals surface area contributed by atoms with E-state index in [1.165, 1.54) is 18.3 Å². The number of rotatable bonds is 9. The number of carbonyl (C=O) groups is 3. The quantitative estimate of drug-likeness (QED) is 0.182. The zero-order chi connectivity index (χ0) is 28.5. The Morgan fingerprint density at radius 1 is 0.949 bits per heavy atom. The molecule has 0 aromatic heterocycles. The van der Waals surface area contributed by atoms with Crippen molar-refractivity contribution in [3.8, 4) is 11.5 Å². The third kappa shape index (κ3) is 8.37. The van der Waals surface area contributed by atoms with E-state index >= 15 is 0 Å². The highest BCUT2D eigenvalue weighted by Gasteiger charge is 2.16. The predicted octanol–water partition coefficient (Wildman–Crippen LogP) is 5.02. The Morgan fingerprint density at radius 3 is 2.26 bits per heavy atom. The van der Waals surface area contributed by atoms with Crippen LogP contribution in [-0.2, 0) is 14.4 Å². The third-order valence-electron chi connectivity index (χ3n) is 5.31. The van der Waals surface area contributed by atoms with Gasteiger partial charge in [-0.3, -0.25) is 14.4 Å². The SMILES string of the molecule is CCOc1cc(/C=N\NC(=O)C(=O)Nc2ccc(F)cc2)cc(Br)c1OCC(=O)Nc1c(C)cc(C)cc1C. The van der Waals surface area contributed by atoms with E-state index in [9.17, 15) is 18.8 Å². The molecule has 204 valence electrons. The number of hydrogen-bond acceptors (Lipinski definition) is 6. The number of carbonyl (C=O) groups excluding carboxylic acids is 3. The van der Waals surface area contributed by atoms with Crippen LogP contribution in [0.25, 0.3) is 0 Å². The molecule has 0 bridgehead atoms. The molecule has 39 heavy (non-hydrogen) atoms. The molecule has 0 fully saturated rings. The normalized spacial score (nSPS) is 10.7. The number of hydrazone groups is 1. The van der Waals surface area contributed by atoms with E-state index in [1.807, 2.05) is 32.9 Å². The number of benzene rings is 3. The van der Waals surface area contributed by atoms with Crippen molar-refractivity contribution < 1.29 is 28.2 Å². The van der Waals surface area contributed by atoms with Crippen LogP contribution in [0.4, 0.5) is 15.8 Å². The monoisotopic (exact) mass is 598 g/mol. The first-order valence-corrected chi connectivity index (χ1v) is 12.7. The maximum Gasteiger partial charge on any atom is 0.329 e. The minimum atomic E-state index is -1.01. The molecule has 0 spiro atoms. The number of hydrogen-bond donors (Lipinski definition) is 3. The molecule has 3 aromatic carbocycles. The van der Waals surface area contributed by atoms with Crippen molar-refractivity contribution in [2.45, 2.75) is 27.7 Å². The van der Waals surface area contributed by atoms with Gasteiger partial charge in [-0.2, -0.15) is 5.10 Å². The Labute approximate surface area is 233 Å². The van der Waals surface area contributed by atoms with Crippen LogP contribution in [0, 0.1) is 26.6 Å². The van der Waals surface area contributed by atoms with Crippen LogP contribution in [-0.4, -0.2) is 37.1 Å². The Morgan fingerprint density at radius 2 is 1.62 bits per heavy atom. The molecular weight excluding hydrogens is 571 g/mol. The second-order valence-electron chi connectivity index (χ2n) is 8.53. The van der Waals surface area contributed by atoms with Crippen LogP contribution in [0.15, 0.2) is 58.1 Å². The van der Waals surface area contributed by atoms with Crippen molar-refractivity contribution in [2.24, 2.45) is 5.10 Å². The van der Waals surface area contributed by atoms with Crippen LogP contribution in [0.5, 0.6) is 11.5 Å². The van der Waals surface area contributed by atoms with Crippen LogP contribution >= 0.6 is 15.9 Å². The Kier molecular flexibility index (Phi) is 10.2. The van der Waals surface area contributed by atoms with Gasteiger partial charge in [0.1, 0.15) is 5.82 Å². The maximum atomic E-state index is 13.0. The fraction of sp³-hybridized carbons (Fsp3) is 0.214. The van der Waals surface area contributed by atoms with Gasteiger partial charge in [-0.15, -0.1) is 0 Å². The van der Waals surface area contributed by atoms with E-state index in [4.69, 9.17) is 9.47 Å². The third-order valence-corrected chi connectivity index (χ3v) is 5.90. The van der Waals surface area contributed by atoms with E-state index < -0.39 is 17.6 Å². The van der Waals surface area contributed by atoms with Crippen LogP contribution in [0.2, 0.25) is 0 Å². The first kappa shape index (κ1) is 29.3. The molecule has 0 saturated carbocycles. The summed E-state index contributed by atoms with van der Waals surface area (Å²) in [6, 6.07) is 12.2. The number of ether oxygens (including phenoxy) is 2. The van der Waals surface area contributed by atoms with Gasteiger partial charge < -0.3 is 20.1 Å². The molecule has 3 rings (SSSR count). The summed E-state index contributed by atoms with van der Waals surface area (Å²) < 4.78 is 24.9. The van der Waals surface area contributed by atoms with Gasteiger partial charge >= 0.3 is 11.8 Å². The number of amides is 3. The molecule has 0 atom stereocenters. The summed E-state index contributed by atoms with van der Waals surface area (Å²) in [5.74, 6) is -2.09. The topological polar surface area (TPSA) is 118 Å². The molecule has 3 aromatic rings. The van der Waals surface area contributed by atoms with E-state index in [-0.39, 0.29) is 18.2 Å². The summed E-state index contributed by atoms with van der Waals surface area (Å²) in [7, 11) is 0. The standard InChI is InChI=1S/C28H28BrFN4O5/c1-5-38-23-13-19(14-31-34-28(37)27(36)32-21-8-6-20(30)7-9-21)12-22(29)26(23)39-15-24(35)33-25-17(3)10-16(2)11-18(25)4/h6-14H,5,15H2,1-4H3,(H,32,36)(H,33,35)(H,34,37)/b31-14-. The summed E-state index contributed by atoms with van der Waals surface area (Å²) in [6.07, 6.45) is 1.32.